The van der Waals surface area contributed by atoms with E-state index in [1.165, 1.54) is 21.7 Å². The van der Waals surface area contributed by atoms with Crippen LogP contribution >= 0.6 is 22.9 Å². The molecule has 2 atom stereocenters. The largest absolute Gasteiger partial charge is 0.372 e. The van der Waals surface area contributed by atoms with Gasteiger partial charge in [-0.3, -0.25) is 4.79 Å². The van der Waals surface area contributed by atoms with E-state index in [4.69, 9.17) is 16.3 Å². The van der Waals surface area contributed by atoms with Crippen LogP contribution in [0.15, 0.2) is 28.5 Å². The standard InChI is InChI=1S/C22H28ClN3O4S2/c1-14-4-5-18(10-19(14)23)32(28,29)26-8-6-17(7-9-26)21-24-20(13-31-21)22(27)25-11-15(2)30-16(3)12-25/h4-5,10,13,15-17H,6-9,11-12H2,1-3H3. The zero-order valence-electron chi connectivity index (χ0n) is 18.5. The Kier molecular flexibility index (Phi) is 6.93. The van der Waals surface area contributed by atoms with Gasteiger partial charge in [0.1, 0.15) is 5.69 Å². The molecule has 3 heterocycles. The minimum Gasteiger partial charge on any atom is -0.372 e. The molecule has 2 aliphatic heterocycles. The Morgan fingerprint density at radius 1 is 1.19 bits per heavy atom. The summed E-state index contributed by atoms with van der Waals surface area (Å²) in [6, 6.07) is 4.85. The Bertz CT molecular complexity index is 1090. The SMILES string of the molecule is Cc1ccc(S(=O)(=O)N2CCC(c3nc(C(=O)N4CC(C)OC(C)C4)cs3)CC2)cc1Cl. The number of hydrogen-bond donors (Lipinski definition) is 0. The van der Waals surface area contributed by atoms with Crippen LogP contribution in [0.25, 0.3) is 0 Å². The fourth-order valence-electron chi connectivity index (χ4n) is 4.31. The third-order valence-corrected chi connectivity index (χ3v) is 9.34. The summed E-state index contributed by atoms with van der Waals surface area (Å²) in [7, 11) is -3.58. The molecule has 1 amide bonds. The van der Waals surface area contributed by atoms with Gasteiger partial charge in [-0.25, -0.2) is 13.4 Å². The molecule has 7 nitrogen and oxygen atoms in total. The number of amides is 1. The lowest BCUT2D eigenvalue weighted by molar-refractivity contribution is -0.0587. The van der Waals surface area contributed by atoms with Gasteiger partial charge < -0.3 is 9.64 Å². The number of hydrogen-bond acceptors (Lipinski definition) is 6. The van der Waals surface area contributed by atoms with E-state index in [1.54, 1.807) is 17.0 Å². The van der Waals surface area contributed by atoms with E-state index in [0.717, 1.165) is 10.6 Å². The quantitative estimate of drug-likeness (QED) is 0.639. The second-order valence-electron chi connectivity index (χ2n) is 8.63. The van der Waals surface area contributed by atoms with Crippen molar-refractivity contribution in [2.24, 2.45) is 0 Å². The number of ether oxygens (including phenoxy) is 1. The van der Waals surface area contributed by atoms with Gasteiger partial charge in [0.05, 0.1) is 22.1 Å². The van der Waals surface area contributed by atoms with Crippen LogP contribution < -0.4 is 0 Å². The maximum atomic E-state index is 13.0. The monoisotopic (exact) mass is 497 g/mol. The van der Waals surface area contributed by atoms with Crippen LogP contribution in [-0.4, -0.2) is 66.9 Å². The van der Waals surface area contributed by atoms with Crippen LogP contribution in [0.1, 0.15) is 53.7 Å². The molecule has 4 rings (SSSR count). The van der Waals surface area contributed by atoms with Crippen LogP contribution in [0.2, 0.25) is 5.02 Å². The summed E-state index contributed by atoms with van der Waals surface area (Å²) in [6.45, 7) is 7.74. The maximum Gasteiger partial charge on any atom is 0.273 e. The number of carbonyl (C=O) groups is 1. The summed E-state index contributed by atoms with van der Waals surface area (Å²) in [5.41, 5.74) is 1.31. The number of nitrogens with zero attached hydrogens (tertiary/aromatic N) is 3. The Balaban J connectivity index is 1.40. The number of sulfonamides is 1. The zero-order valence-corrected chi connectivity index (χ0v) is 20.8. The van der Waals surface area contributed by atoms with E-state index < -0.39 is 10.0 Å². The molecule has 2 fully saturated rings. The molecular weight excluding hydrogens is 470 g/mol. The highest BCUT2D eigenvalue weighted by atomic mass is 35.5. The first kappa shape index (κ1) is 23.6. The summed E-state index contributed by atoms with van der Waals surface area (Å²) < 4.78 is 33.2. The van der Waals surface area contributed by atoms with Crippen molar-refractivity contribution in [3.63, 3.8) is 0 Å². The van der Waals surface area contributed by atoms with Gasteiger partial charge in [-0.15, -0.1) is 11.3 Å². The van der Waals surface area contributed by atoms with E-state index in [0.29, 0.717) is 49.7 Å². The normalized spacial score (nSPS) is 23.4. The molecule has 1 aromatic heterocycles. The van der Waals surface area contributed by atoms with Crippen molar-refractivity contribution in [1.29, 1.82) is 0 Å². The second-order valence-corrected chi connectivity index (χ2v) is 11.9. The number of halogens is 1. The van der Waals surface area contributed by atoms with Gasteiger partial charge in [-0.1, -0.05) is 17.7 Å². The number of thiazole rings is 1. The first-order chi connectivity index (χ1) is 15.1. The summed E-state index contributed by atoms with van der Waals surface area (Å²) in [5.74, 6) is 0.0860. The first-order valence-corrected chi connectivity index (χ1v) is 13.5. The van der Waals surface area contributed by atoms with Crippen LogP contribution in [0.5, 0.6) is 0 Å². The highest BCUT2D eigenvalue weighted by Crippen LogP contribution is 2.33. The number of benzene rings is 1. The fraction of sp³-hybridized carbons (Fsp3) is 0.545. The van der Waals surface area contributed by atoms with E-state index in [2.05, 4.69) is 4.98 Å². The number of morpholine rings is 1. The number of rotatable bonds is 4. The smallest absolute Gasteiger partial charge is 0.273 e. The zero-order chi connectivity index (χ0) is 23.0. The van der Waals surface area contributed by atoms with Crippen molar-refractivity contribution < 1.29 is 17.9 Å². The number of aromatic nitrogens is 1. The second kappa shape index (κ2) is 9.38. The van der Waals surface area contributed by atoms with E-state index in [9.17, 15) is 13.2 Å². The number of piperidine rings is 1. The fourth-order valence-corrected chi connectivity index (χ4v) is 7.01. The molecule has 2 aromatic rings. The third-order valence-electron chi connectivity index (χ3n) is 6.03. The lowest BCUT2D eigenvalue weighted by Gasteiger charge is -2.34. The average Bonchev–Trinajstić information content (AvgIpc) is 3.24. The summed E-state index contributed by atoms with van der Waals surface area (Å²) >= 11 is 7.62. The van der Waals surface area contributed by atoms with E-state index in [-0.39, 0.29) is 28.9 Å². The maximum absolute atomic E-state index is 13.0. The molecule has 174 valence electrons. The van der Waals surface area contributed by atoms with Gasteiger partial charge in [-0.2, -0.15) is 4.31 Å². The first-order valence-electron chi connectivity index (χ1n) is 10.8. The molecule has 2 saturated heterocycles. The molecule has 1 aromatic carbocycles. The van der Waals surface area contributed by atoms with Crippen molar-refractivity contribution in [2.45, 2.75) is 56.6 Å². The Labute approximate surface area is 198 Å². The minimum atomic E-state index is -3.58. The molecule has 10 heteroatoms. The molecule has 32 heavy (non-hydrogen) atoms. The summed E-state index contributed by atoms with van der Waals surface area (Å²) in [6.07, 6.45) is 1.36. The van der Waals surface area contributed by atoms with E-state index in [1.807, 2.05) is 26.2 Å². The van der Waals surface area contributed by atoms with Gasteiger partial charge in [0, 0.05) is 42.5 Å². The van der Waals surface area contributed by atoms with Crippen molar-refractivity contribution in [1.82, 2.24) is 14.2 Å². The van der Waals surface area contributed by atoms with Gasteiger partial charge in [0.2, 0.25) is 10.0 Å². The van der Waals surface area contributed by atoms with Gasteiger partial charge in [0.25, 0.3) is 5.91 Å². The molecule has 0 spiro atoms. The van der Waals surface area contributed by atoms with Crippen LogP contribution in [0, 0.1) is 6.92 Å². The van der Waals surface area contributed by atoms with Crippen LogP contribution in [0.3, 0.4) is 0 Å². The average molecular weight is 498 g/mol. The number of carbonyl (C=O) groups excluding carboxylic acids is 1. The van der Waals surface area contributed by atoms with Crippen molar-refractivity contribution >= 4 is 38.9 Å². The third kappa shape index (κ3) is 4.87. The summed E-state index contributed by atoms with van der Waals surface area (Å²) in [4.78, 5) is 19.6. The molecule has 0 aliphatic carbocycles. The highest BCUT2D eigenvalue weighted by Gasteiger charge is 2.32. The topological polar surface area (TPSA) is 79.8 Å². The predicted molar refractivity (Wildman–Crippen MR) is 125 cm³/mol. The minimum absolute atomic E-state index is 0.00972. The van der Waals surface area contributed by atoms with Gasteiger partial charge in [-0.05, 0) is 51.3 Å². The molecule has 0 saturated carbocycles. The number of aryl methyl sites for hydroxylation is 1. The lowest BCUT2D eigenvalue weighted by Crippen LogP contribution is -2.48. The van der Waals surface area contributed by atoms with Gasteiger partial charge in [0.15, 0.2) is 0 Å². The highest BCUT2D eigenvalue weighted by molar-refractivity contribution is 7.89. The van der Waals surface area contributed by atoms with Crippen molar-refractivity contribution in [3.05, 3.63) is 44.9 Å². The molecule has 0 radical (unpaired) electrons. The van der Waals surface area contributed by atoms with Crippen LogP contribution in [-0.2, 0) is 14.8 Å². The Hall–Kier alpha value is -1.52. The van der Waals surface area contributed by atoms with Crippen molar-refractivity contribution in [3.8, 4) is 0 Å². The Morgan fingerprint density at radius 3 is 2.47 bits per heavy atom. The van der Waals surface area contributed by atoms with Crippen molar-refractivity contribution in [2.75, 3.05) is 26.2 Å². The molecule has 2 unspecified atom stereocenters. The predicted octanol–water partition coefficient (Wildman–Crippen LogP) is 3.92. The molecular formula is C22H28ClN3O4S2. The summed E-state index contributed by atoms with van der Waals surface area (Å²) in [5, 5.41) is 3.17. The lowest BCUT2D eigenvalue weighted by atomic mass is 9.99. The molecule has 0 N–H and O–H groups in total. The van der Waals surface area contributed by atoms with Gasteiger partial charge >= 0.3 is 0 Å². The van der Waals surface area contributed by atoms with E-state index >= 15 is 0 Å². The molecule has 2 aliphatic rings. The molecule has 0 bridgehead atoms. The Morgan fingerprint density at radius 2 is 1.84 bits per heavy atom. The van der Waals surface area contributed by atoms with Crippen LogP contribution in [0.4, 0.5) is 0 Å².